The van der Waals surface area contributed by atoms with E-state index in [0.29, 0.717) is 0 Å². The Hall–Kier alpha value is -0.150. The molecule has 0 unspecified atom stereocenters. The maximum absolute atomic E-state index is 6.03. The summed E-state index contributed by atoms with van der Waals surface area (Å²) >= 11 is 8.11. The third kappa shape index (κ3) is 3.67. The molecule has 1 fully saturated rings. The summed E-state index contributed by atoms with van der Waals surface area (Å²) in [7, 11) is 0. The van der Waals surface area contributed by atoms with E-state index < -0.39 is 0 Å². The van der Waals surface area contributed by atoms with Crippen molar-refractivity contribution in [2.75, 3.05) is 12.4 Å². The number of benzene rings is 1. The van der Waals surface area contributed by atoms with E-state index in [1.165, 1.54) is 38.5 Å². The van der Waals surface area contributed by atoms with Gasteiger partial charge in [0.25, 0.3) is 0 Å². The fraction of sp³-hybridized carbons (Fsp3) is 0.600. The smallest absolute Gasteiger partial charge is 0.133 e. The van der Waals surface area contributed by atoms with Crippen LogP contribution in [0, 0.1) is 5.41 Å². The quantitative estimate of drug-likeness (QED) is 0.597. The SMILES string of the molecule is SCC1(COc2ccccc2Br)CCCCCC1. The van der Waals surface area contributed by atoms with Gasteiger partial charge in [0.05, 0.1) is 11.1 Å². The maximum atomic E-state index is 6.03. The standard InChI is InChI=1S/C15H21BrOS/c16-13-7-3-4-8-14(13)17-11-15(12-18)9-5-1-2-6-10-15/h3-4,7-8,18H,1-2,5-6,9-12H2. The van der Waals surface area contributed by atoms with E-state index in [4.69, 9.17) is 4.74 Å². The molecule has 0 saturated heterocycles. The van der Waals surface area contributed by atoms with E-state index in [-0.39, 0.29) is 5.41 Å². The van der Waals surface area contributed by atoms with Gasteiger partial charge in [-0.3, -0.25) is 0 Å². The van der Waals surface area contributed by atoms with Crippen LogP contribution < -0.4 is 4.74 Å². The second-order valence-electron chi connectivity index (χ2n) is 5.29. The zero-order valence-electron chi connectivity index (χ0n) is 10.7. The summed E-state index contributed by atoms with van der Waals surface area (Å²) in [5, 5.41) is 0. The van der Waals surface area contributed by atoms with Crippen LogP contribution in [0.1, 0.15) is 38.5 Å². The Bertz CT molecular complexity index is 373. The Labute approximate surface area is 124 Å². The number of hydrogen-bond donors (Lipinski definition) is 1. The maximum Gasteiger partial charge on any atom is 0.133 e. The lowest BCUT2D eigenvalue weighted by molar-refractivity contribution is 0.147. The Morgan fingerprint density at radius 3 is 2.39 bits per heavy atom. The minimum atomic E-state index is 0.273. The van der Waals surface area contributed by atoms with Crippen molar-refractivity contribution in [3.8, 4) is 5.75 Å². The molecule has 0 amide bonds. The van der Waals surface area contributed by atoms with Crippen LogP contribution in [-0.4, -0.2) is 12.4 Å². The largest absolute Gasteiger partial charge is 0.492 e. The first-order valence-corrected chi connectivity index (χ1v) is 8.17. The van der Waals surface area contributed by atoms with Crippen molar-refractivity contribution in [1.29, 1.82) is 0 Å². The van der Waals surface area contributed by atoms with Gasteiger partial charge in [-0.05, 0) is 46.7 Å². The van der Waals surface area contributed by atoms with E-state index in [1.807, 2.05) is 24.3 Å². The van der Waals surface area contributed by atoms with Gasteiger partial charge in [-0.15, -0.1) is 0 Å². The number of hydrogen-bond acceptors (Lipinski definition) is 2. The number of ether oxygens (including phenoxy) is 1. The van der Waals surface area contributed by atoms with Gasteiger partial charge in [-0.2, -0.15) is 12.6 Å². The molecule has 0 radical (unpaired) electrons. The molecule has 1 aromatic rings. The fourth-order valence-corrected chi connectivity index (χ4v) is 3.43. The van der Waals surface area contributed by atoms with Gasteiger partial charge in [0.2, 0.25) is 0 Å². The molecule has 1 aliphatic rings. The molecule has 0 heterocycles. The predicted octanol–water partition coefficient (Wildman–Crippen LogP) is 5.10. The highest BCUT2D eigenvalue weighted by Crippen LogP contribution is 2.37. The van der Waals surface area contributed by atoms with Crippen molar-refractivity contribution in [3.05, 3.63) is 28.7 Å². The Morgan fingerprint density at radius 1 is 1.11 bits per heavy atom. The van der Waals surface area contributed by atoms with E-state index >= 15 is 0 Å². The molecule has 0 aliphatic heterocycles. The average molecular weight is 329 g/mol. The lowest BCUT2D eigenvalue weighted by atomic mass is 9.83. The van der Waals surface area contributed by atoms with Gasteiger partial charge in [-0.25, -0.2) is 0 Å². The summed E-state index contributed by atoms with van der Waals surface area (Å²) in [6.45, 7) is 0.791. The normalized spacial score (nSPS) is 19.2. The van der Waals surface area contributed by atoms with Crippen LogP contribution in [0.4, 0.5) is 0 Å². The molecular formula is C15H21BrOS. The van der Waals surface area contributed by atoms with Crippen molar-refractivity contribution in [3.63, 3.8) is 0 Å². The fourth-order valence-electron chi connectivity index (χ4n) is 2.62. The molecule has 100 valence electrons. The zero-order valence-corrected chi connectivity index (χ0v) is 13.2. The third-order valence-corrected chi connectivity index (χ3v) is 5.20. The third-order valence-electron chi connectivity index (χ3n) is 3.87. The molecule has 0 N–H and O–H groups in total. The number of halogens is 1. The van der Waals surface area contributed by atoms with Gasteiger partial charge in [0, 0.05) is 5.41 Å². The molecule has 0 spiro atoms. The summed E-state index contributed by atoms with van der Waals surface area (Å²) in [6, 6.07) is 8.07. The highest BCUT2D eigenvalue weighted by molar-refractivity contribution is 9.10. The first-order valence-electron chi connectivity index (χ1n) is 6.74. The van der Waals surface area contributed by atoms with Crippen LogP contribution in [0.15, 0.2) is 28.7 Å². The molecule has 1 aromatic carbocycles. The summed E-state index contributed by atoms with van der Waals surface area (Å²) in [5.41, 5.74) is 0.273. The lowest BCUT2D eigenvalue weighted by Crippen LogP contribution is -2.30. The molecule has 3 heteroatoms. The van der Waals surface area contributed by atoms with Crippen LogP contribution >= 0.6 is 28.6 Å². The van der Waals surface area contributed by atoms with E-state index in [1.54, 1.807) is 0 Å². The molecule has 1 saturated carbocycles. The summed E-state index contributed by atoms with van der Waals surface area (Å²) in [6.07, 6.45) is 7.87. The second-order valence-corrected chi connectivity index (χ2v) is 6.46. The highest BCUT2D eigenvalue weighted by atomic mass is 79.9. The molecule has 0 aromatic heterocycles. The minimum absolute atomic E-state index is 0.273. The van der Waals surface area contributed by atoms with Crippen molar-refractivity contribution >= 4 is 28.6 Å². The number of para-hydroxylation sites is 1. The van der Waals surface area contributed by atoms with Crippen LogP contribution in [-0.2, 0) is 0 Å². The Balaban J connectivity index is 2.00. The lowest BCUT2D eigenvalue weighted by Gasteiger charge is -2.31. The Kier molecular flexibility index (Phi) is 5.43. The van der Waals surface area contributed by atoms with Crippen molar-refractivity contribution in [1.82, 2.24) is 0 Å². The summed E-state index contributed by atoms with van der Waals surface area (Å²) < 4.78 is 7.07. The van der Waals surface area contributed by atoms with Gasteiger partial charge in [-0.1, -0.05) is 37.8 Å². The zero-order chi connectivity index (χ0) is 12.8. The van der Waals surface area contributed by atoms with Crippen molar-refractivity contribution in [2.24, 2.45) is 5.41 Å². The highest BCUT2D eigenvalue weighted by Gasteiger charge is 2.30. The molecule has 1 nitrogen and oxygen atoms in total. The van der Waals surface area contributed by atoms with Gasteiger partial charge in [0.15, 0.2) is 0 Å². The topological polar surface area (TPSA) is 9.23 Å². The monoisotopic (exact) mass is 328 g/mol. The molecule has 18 heavy (non-hydrogen) atoms. The van der Waals surface area contributed by atoms with Crippen molar-refractivity contribution < 1.29 is 4.74 Å². The van der Waals surface area contributed by atoms with Crippen molar-refractivity contribution in [2.45, 2.75) is 38.5 Å². The van der Waals surface area contributed by atoms with Crippen LogP contribution in [0.5, 0.6) is 5.75 Å². The first-order chi connectivity index (χ1) is 8.76. The van der Waals surface area contributed by atoms with E-state index in [2.05, 4.69) is 28.6 Å². The van der Waals surface area contributed by atoms with Gasteiger partial charge in [0.1, 0.15) is 5.75 Å². The van der Waals surface area contributed by atoms with Gasteiger partial charge < -0.3 is 4.74 Å². The van der Waals surface area contributed by atoms with Crippen LogP contribution in [0.3, 0.4) is 0 Å². The van der Waals surface area contributed by atoms with Crippen LogP contribution in [0.25, 0.3) is 0 Å². The number of thiol groups is 1. The Morgan fingerprint density at radius 2 is 1.78 bits per heavy atom. The molecule has 0 atom stereocenters. The average Bonchev–Trinajstić information content (AvgIpc) is 2.64. The summed E-state index contributed by atoms with van der Waals surface area (Å²) in [5.74, 6) is 1.88. The minimum Gasteiger partial charge on any atom is -0.492 e. The van der Waals surface area contributed by atoms with E-state index in [0.717, 1.165) is 22.6 Å². The molecule has 2 rings (SSSR count). The molecular weight excluding hydrogens is 308 g/mol. The van der Waals surface area contributed by atoms with E-state index in [9.17, 15) is 0 Å². The molecule has 1 aliphatic carbocycles. The second kappa shape index (κ2) is 6.85. The number of rotatable bonds is 4. The first kappa shape index (κ1) is 14.3. The summed E-state index contributed by atoms with van der Waals surface area (Å²) in [4.78, 5) is 0. The van der Waals surface area contributed by atoms with Gasteiger partial charge >= 0.3 is 0 Å². The molecule has 0 bridgehead atoms. The van der Waals surface area contributed by atoms with Crippen LogP contribution in [0.2, 0.25) is 0 Å². The predicted molar refractivity (Wildman–Crippen MR) is 83.6 cm³/mol.